The summed E-state index contributed by atoms with van der Waals surface area (Å²) in [7, 11) is 0. The summed E-state index contributed by atoms with van der Waals surface area (Å²) < 4.78 is -0.683. The molecule has 7 nitrogen and oxygen atoms in total. The predicted molar refractivity (Wildman–Crippen MR) is 139 cm³/mol. The zero-order valence-electron chi connectivity index (χ0n) is 21.6. The molecular weight excluding hydrogens is 462 g/mol. The highest BCUT2D eigenvalue weighted by molar-refractivity contribution is 8.02. The zero-order chi connectivity index (χ0) is 25.8. The predicted octanol–water partition coefficient (Wildman–Crippen LogP) is 3.29. The van der Waals surface area contributed by atoms with E-state index in [4.69, 9.17) is 0 Å². The maximum Gasteiger partial charge on any atom is 0.244 e. The van der Waals surface area contributed by atoms with Crippen LogP contribution in [0.5, 0.6) is 0 Å². The van der Waals surface area contributed by atoms with Gasteiger partial charge in [-0.2, -0.15) is 0 Å². The van der Waals surface area contributed by atoms with Crippen molar-refractivity contribution in [1.29, 1.82) is 0 Å². The van der Waals surface area contributed by atoms with Crippen LogP contribution in [0.1, 0.15) is 54.4 Å². The first kappa shape index (κ1) is 26.0. The second-order valence-electron chi connectivity index (χ2n) is 12.3. The Labute approximate surface area is 212 Å². The highest BCUT2D eigenvalue weighted by Gasteiger charge is 2.76. The molecule has 0 saturated carbocycles. The van der Waals surface area contributed by atoms with Gasteiger partial charge in [-0.25, -0.2) is 0 Å². The number of nitrogens with one attached hydrogen (secondary N) is 2. The van der Waals surface area contributed by atoms with Crippen molar-refractivity contribution < 1.29 is 19.5 Å². The van der Waals surface area contributed by atoms with Crippen LogP contribution in [-0.2, 0) is 14.4 Å². The third kappa shape index (κ3) is 4.59. The largest absolute Gasteiger partial charge is 0.395 e. The van der Waals surface area contributed by atoms with Crippen molar-refractivity contribution in [2.24, 2.45) is 23.2 Å². The molecule has 3 unspecified atom stereocenters. The second-order valence-corrected chi connectivity index (χ2v) is 13.8. The van der Waals surface area contributed by atoms with Gasteiger partial charge in [-0.1, -0.05) is 45.9 Å². The van der Waals surface area contributed by atoms with Gasteiger partial charge < -0.3 is 20.6 Å². The molecule has 35 heavy (non-hydrogen) atoms. The van der Waals surface area contributed by atoms with Crippen LogP contribution in [0.4, 0.5) is 5.69 Å². The number of carbonyl (C=O) groups excluding carboxylic acids is 3. The first-order valence-electron chi connectivity index (χ1n) is 12.6. The Morgan fingerprint density at radius 1 is 1.14 bits per heavy atom. The Kier molecular flexibility index (Phi) is 6.77. The van der Waals surface area contributed by atoms with Crippen LogP contribution < -0.4 is 10.6 Å². The van der Waals surface area contributed by atoms with Gasteiger partial charge >= 0.3 is 0 Å². The molecule has 3 heterocycles. The van der Waals surface area contributed by atoms with Gasteiger partial charge in [-0.05, 0) is 50.2 Å². The molecule has 1 spiro atoms. The molecule has 3 amide bonds. The van der Waals surface area contributed by atoms with Crippen LogP contribution in [0.2, 0.25) is 0 Å². The van der Waals surface area contributed by atoms with E-state index in [0.29, 0.717) is 5.69 Å². The van der Waals surface area contributed by atoms with Crippen LogP contribution in [-0.4, -0.2) is 62.5 Å². The van der Waals surface area contributed by atoms with Gasteiger partial charge in [0.1, 0.15) is 6.04 Å². The first-order valence-corrected chi connectivity index (χ1v) is 13.5. The van der Waals surface area contributed by atoms with Gasteiger partial charge in [0.15, 0.2) is 0 Å². The Hall–Kier alpha value is -2.06. The van der Waals surface area contributed by atoms with Crippen LogP contribution in [0.15, 0.2) is 30.3 Å². The number of aliphatic hydroxyl groups is 1. The number of amides is 3. The number of likely N-dealkylation sites (tertiary alicyclic amines) is 1. The van der Waals surface area contributed by atoms with Crippen molar-refractivity contribution in [3.8, 4) is 0 Å². The van der Waals surface area contributed by atoms with Crippen LogP contribution in [0.3, 0.4) is 0 Å². The fourth-order valence-electron chi connectivity index (χ4n) is 6.99. The molecule has 4 rings (SSSR count). The number of rotatable bonds is 7. The second kappa shape index (κ2) is 9.11. The monoisotopic (exact) mass is 501 g/mol. The summed E-state index contributed by atoms with van der Waals surface area (Å²) in [6, 6.07) is 8.55. The van der Waals surface area contributed by atoms with Crippen LogP contribution in [0.25, 0.3) is 0 Å². The number of nitrogens with zero attached hydrogens (tertiary/aromatic N) is 1. The number of aliphatic hydroxyl groups excluding tert-OH is 1. The number of para-hydroxylation sites is 1. The minimum absolute atomic E-state index is 0.0162. The van der Waals surface area contributed by atoms with E-state index in [2.05, 4.69) is 38.3 Å². The molecule has 1 aromatic carbocycles. The average Bonchev–Trinajstić information content (AvgIpc) is 3.31. The van der Waals surface area contributed by atoms with E-state index in [-0.39, 0.29) is 47.5 Å². The minimum Gasteiger partial charge on any atom is -0.395 e. The molecular formula is C27H39N3O4S. The number of carbonyl (C=O) groups is 3. The van der Waals surface area contributed by atoms with Crippen molar-refractivity contribution in [3.05, 3.63) is 30.3 Å². The number of hydrogen-bond acceptors (Lipinski definition) is 5. The molecule has 3 aliphatic heterocycles. The number of fused-ring (bicyclic) bond motifs is 1. The van der Waals surface area contributed by atoms with Gasteiger partial charge in [0.25, 0.3) is 0 Å². The average molecular weight is 502 g/mol. The van der Waals surface area contributed by atoms with E-state index in [1.165, 1.54) is 0 Å². The van der Waals surface area contributed by atoms with Crippen molar-refractivity contribution in [2.75, 3.05) is 18.5 Å². The number of thioether (sulfide) groups is 1. The fourth-order valence-corrected chi connectivity index (χ4v) is 9.41. The molecule has 3 fully saturated rings. The quantitative estimate of drug-likeness (QED) is 0.533. The summed E-state index contributed by atoms with van der Waals surface area (Å²) in [5, 5.41) is 16.0. The highest BCUT2D eigenvalue weighted by atomic mass is 32.2. The van der Waals surface area contributed by atoms with Gasteiger partial charge in [0.05, 0.1) is 23.2 Å². The van der Waals surface area contributed by atoms with Crippen molar-refractivity contribution in [3.63, 3.8) is 0 Å². The third-order valence-corrected chi connectivity index (χ3v) is 9.69. The topological polar surface area (TPSA) is 98.7 Å². The lowest BCUT2D eigenvalue weighted by Gasteiger charge is -2.41. The Balaban J connectivity index is 1.67. The van der Waals surface area contributed by atoms with Crippen molar-refractivity contribution >= 4 is 35.2 Å². The molecule has 3 saturated heterocycles. The summed E-state index contributed by atoms with van der Waals surface area (Å²) in [5.74, 6) is -1.55. The molecule has 0 aromatic heterocycles. The summed E-state index contributed by atoms with van der Waals surface area (Å²) in [6.45, 7) is 12.4. The fraction of sp³-hybridized carbons (Fsp3) is 0.667. The first-order chi connectivity index (χ1) is 16.3. The van der Waals surface area contributed by atoms with E-state index in [1.54, 1.807) is 16.7 Å². The number of hydrogen-bond donors (Lipinski definition) is 3. The SMILES string of the molecule is CC1C[C@@H]2SC13C(C(=O)NC(C)(C)CC(C)(C)C)N(CCO)C(=O)[C@@H]3[C@@H]2C(=O)Nc1ccccc1. The molecule has 0 aliphatic carbocycles. The lowest BCUT2D eigenvalue weighted by Crippen LogP contribution is -2.60. The number of anilines is 1. The maximum absolute atomic E-state index is 13.9. The van der Waals surface area contributed by atoms with Gasteiger partial charge in [-0.3, -0.25) is 14.4 Å². The molecule has 3 aliphatic rings. The number of benzene rings is 1. The molecule has 8 heteroatoms. The standard InChI is InChI=1S/C27H39N3O4S/c1-16-14-18-19(22(32)28-17-10-8-7-9-11-17)20-24(34)30(12-13-31)21(27(16,20)35-18)23(33)29-26(5,6)15-25(2,3)4/h7-11,16,18-21,31H,12-15H2,1-6H3,(H,28,32)(H,29,33)/t16?,18-,19+,20-,21?,27?/m0/s1. The maximum atomic E-state index is 13.9. The lowest BCUT2D eigenvalue weighted by atomic mass is 9.65. The van der Waals surface area contributed by atoms with E-state index >= 15 is 0 Å². The van der Waals surface area contributed by atoms with Gasteiger partial charge in [-0.15, -0.1) is 11.8 Å². The van der Waals surface area contributed by atoms with Gasteiger partial charge in [0.2, 0.25) is 17.7 Å². The van der Waals surface area contributed by atoms with E-state index in [9.17, 15) is 19.5 Å². The lowest BCUT2D eigenvalue weighted by molar-refractivity contribution is -0.139. The normalized spacial score (nSPS) is 32.0. The molecule has 6 atom stereocenters. The molecule has 2 bridgehead atoms. The van der Waals surface area contributed by atoms with E-state index in [1.807, 2.05) is 44.2 Å². The Bertz CT molecular complexity index is 992. The molecule has 1 aromatic rings. The van der Waals surface area contributed by atoms with Gasteiger partial charge in [0, 0.05) is 23.0 Å². The van der Waals surface area contributed by atoms with E-state index < -0.39 is 28.2 Å². The Morgan fingerprint density at radius 2 is 1.80 bits per heavy atom. The smallest absolute Gasteiger partial charge is 0.244 e. The number of β-amino-alcohol motifs (C(OH)–C–C–N with tert-alkyl or cyclic N) is 1. The van der Waals surface area contributed by atoms with Crippen LogP contribution >= 0.6 is 11.8 Å². The summed E-state index contributed by atoms with van der Waals surface area (Å²) in [4.78, 5) is 42.8. The summed E-state index contributed by atoms with van der Waals surface area (Å²) in [6.07, 6.45) is 1.56. The third-order valence-electron chi connectivity index (χ3n) is 7.61. The summed E-state index contributed by atoms with van der Waals surface area (Å²) in [5.41, 5.74) is 0.248. The molecule has 3 N–H and O–H groups in total. The Morgan fingerprint density at radius 3 is 2.40 bits per heavy atom. The highest BCUT2D eigenvalue weighted by Crippen LogP contribution is 2.68. The molecule has 192 valence electrons. The van der Waals surface area contributed by atoms with Crippen molar-refractivity contribution in [2.45, 2.75) is 76.0 Å². The summed E-state index contributed by atoms with van der Waals surface area (Å²) >= 11 is 1.65. The minimum atomic E-state index is -0.717. The zero-order valence-corrected chi connectivity index (χ0v) is 22.4. The van der Waals surface area contributed by atoms with E-state index in [0.717, 1.165) is 12.8 Å². The van der Waals surface area contributed by atoms with Crippen molar-refractivity contribution in [1.82, 2.24) is 10.2 Å². The molecule has 0 radical (unpaired) electrons. The van der Waals surface area contributed by atoms with Crippen LogP contribution in [0, 0.1) is 23.2 Å².